The number of rotatable bonds is 4. The Balaban J connectivity index is 2.36. The average Bonchev–Trinajstić information content (AvgIpc) is 2.39. The summed E-state index contributed by atoms with van der Waals surface area (Å²) in [5.74, 6) is 0.255. The minimum atomic E-state index is -3.54. The van der Waals surface area contributed by atoms with Crippen LogP contribution in [-0.2, 0) is 10.0 Å². The third-order valence-corrected chi connectivity index (χ3v) is 5.05. The van der Waals surface area contributed by atoms with Crippen molar-refractivity contribution in [3.8, 4) is 0 Å². The van der Waals surface area contributed by atoms with Crippen LogP contribution in [0.2, 0.25) is 0 Å². The lowest BCUT2D eigenvalue weighted by molar-refractivity contribution is 0.601. The highest BCUT2D eigenvalue weighted by Gasteiger charge is 2.16. The van der Waals surface area contributed by atoms with Crippen LogP contribution in [0.3, 0.4) is 0 Å². The molecule has 2 aromatic rings. The van der Waals surface area contributed by atoms with Crippen molar-refractivity contribution in [2.45, 2.75) is 24.7 Å². The standard InChI is InChI=1S/C15H16INO2S/c1-11(2)14-5-3-4-6-15(14)17-20(18,19)13-9-7-12(16)8-10-13/h3-11,17H,1-2H3. The Morgan fingerprint density at radius 3 is 2.20 bits per heavy atom. The van der Waals surface area contributed by atoms with E-state index in [4.69, 9.17) is 0 Å². The van der Waals surface area contributed by atoms with Crippen LogP contribution in [0.15, 0.2) is 53.4 Å². The topological polar surface area (TPSA) is 46.2 Å². The first-order valence-electron chi connectivity index (χ1n) is 6.27. The Morgan fingerprint density at radius 1 is 1.00 bits per heavy atom. The van der Waals surface area contributed by atoms with Crippen LogP contribution in [-0.4, -0.2) is 8.42 Å². The average molecular weight is 401 g/mol. The monoisotopic (exact) mass is 401 g/mol. The molecule has 0 atom stereocenters. The van der Waals surface area contributed by atoms with Crippen molar-refractivity contribution in [2.24, 2.45) is 0 Å². The number of halogens is 1. The van der Waals surface area contributed by atoms with Crippen molar-refractivity contribution >= 4 is 38.3 Å². The number of hydrogen-bond donors (Lipinski definition) is 1. The van der Waals surface area contributed by atoms with E-state index in [-0.39, 0.29) is 10.8 Å². The van der Waals surface area contributed by atoms with Crippen molar-refractivity contribution in [1.82, 2.24) is 0 Å². The maximum atomic E-state index is 12.4. The van der Waals surface area contributed by atoms with Gasteiger partial charge in [0.2, 0.25) is 0 Å². The maximum Gasteiger partial charge on any atom is 0.261 e. The van der Waals surface area contributed by atoms with Gasteiger partial charge in [-0.25, -0.2) is 8.42 Å². The molecule has 0 amide bonds. The van der Waals surface area contributed by atoms with E-state index in [1.54, 1.807) is 30.3 Å². The summed E-state index contributed by atoms with van der Waals surface area (Å²) in [6.07, 6.45) is 0. The first kappa shape index (κ1) is 15.3. The molecule has 0 heterocycles. The molecule has 20 heavy (non-hydrogen) atoms. The molecule has 0 spiro atoms. The van der Waals surface area contributed by atoms with Gasteiger partial charge >= 0.3 is 0 Å². The smallest absolute Gasteiger partial charge is 0.261 e. The zero-order valence-electron chi connectivity index (χ0n) is 11.3. The molecule has 0 saturated heterocycles. The molecule has 0 saturated carbocycles. The summed E-state index contributed by atoms with van der Waals surface area (Å²) in [6, 6.07) is 14.3. The van der Waals surface area contributed by atoms with Crippen LogP contribution in [0, 0.1) is 3.57 Å². The fraction of sp³-hybridized carbons (Fsp3) is 0.200. The molecule has 106 valence electrons. The Hall–Kier alpha value is -1.08. The van der Waals surface area contributed by atoms with Gasteiger partial charge in [0.05, 0.1) is 10.6 Å². The molecule has 0 fully saturated rings. The largest absolute Gasteiger partial charge is 0.279 e. The zero-order chi connectivity index (χ0) is 14.8. The normalized spacial score (nSPS) is 11.6. The van der Waals surface area contributed by atoms with Gasteiger partial charge in [0.15, 0.2) is 0 Å². The van der Waals surface area contributed by atoms with Crippen molar-refractivity contribution < 1.29 is 8.42 Å². The second-order valence-electron chi connectivity index (χ2n) is 4.80. The maximum absolute atomic E-state index is 12.4. The van der Waals surface area contributed by atoms with Crippen LogP contribution in [0.25, 0.3) is 0 Å². The molecule has 5 heteroatoms. The van der Waals surface area contributed by atoms with Gasteiger partial charge in [-0.3, -0.25) is 4.72 Å². The second-order valence-corrected chi connectivity index (χ2v) is 7.73. The minimum Gasteiger partial charge on any atom is -0.279 e. The molecular weight excluding hydrogens is 385 g/mol. The number of sulfonamides is 1. The van der Waals surface area contributed by atoms with Gasteiger partial charge in [0.25, 0.3) is 10.0 Å². The summed E-state index contributed by atoms with van der Waals surface area (Å²) in [6.45, 7) is 4.08. The zero-order valence-corrected chi connectivity index (χ0v) is 14.3. The molecule has 0 unspecified atom stereocenters. The Morgan fingerprint density at radius 2 is 1.60 bits per heavy atom. The predicted molar refractivity (Wildman–Crippen MR) is 90.5 cm³/mol. The lowest BCUT2D eigenvalue weighted by atomic mass is 10.0. The van der Waals surface area contributed by atoms with Crippen molar-refractivity contribution in [1.29, 1.82) is 0 Å². The van der Waals surface area contributed by atoms with E-state index in [0.717, 1.165) is 9.13 Å². The summed E-state index contributed by atoms with van der Waals surface area (Å²) in [7, 11) is -3.54. The molecule has 0 aliphatic rings. The van der Waals surface area contributed by atoms with Crippen LogP contribution < -0.4 is 4.72 Å². The van der Waals surface area contributed by atoms with E-state index in [1.165, 1.54) is 0 Å². The highest BCUT2D eigenvalue weighted by atomic mass is 127. The molecule has 3 nitrogen and oxygen atoms in total. The van der Waals surface area contributed by atoms with Crippen LogP contribution in [0.4, 0.5) is 5.69 Å². The summed E-state index contributed by atoms with van der Waals surface area (Å²) >= 11 is 2.15. The molecule has 0 aliphatic carbocycles. The highest BCUT2D eigenvalue weighted by molar-refractivity contribution is 14.1. The predicted octanol–water partition coefficient (Wildman–Crippen LogP) is 4.22. The van der Waals surface area contributed by atoms with E-state index < -0.39 is 10.0 Å². The number of hydrogen-bond acceptors (Lipinski definition) is 2. The lowest BCUT2D eigenvalue weighted by Crippen LogP contribution is -2.14. The third kappa shape index (κ3) is 3.52. The van der Waals surface area contributed by atoms with E-state index in [2.05, 4.69) is 27.3 Å². The number of para-hydroxylation sites is 1. The Kier molecular flexibility index (Phi) is 4.70. The number of benzene rings is 2. The fourth-order valence-electron chi connectivity index (χ4n) is 1.91. The van der Waals surface area contributed by atoms with Crippen molar-refractivity contribution in [2.75, 3.05) is 4.72 Å². The van der Waals surface area contributed by atoms with Gasteiger partial charge in [-0.05, 0) is 64.4 Å². The van der Waals surface area contributed by atoms with E-state index >= 15 is 0 Å². The summed E-state index contributed by atoms with van der Waals surface area (Å²) < 4.78 is 28.4. The first-order valence-corrected chi connectivity index (χ1v) is 8.83. The van der Waals surface area contributed by atoms with Gasteiger partial charge in [-0.1, -0.05) is 32.0 Å². The van der Waals surface area contributed by atoms with Crippen molar-refractivity contribution in [3.63, 3.8) is 0 Å². The molecular formula is C15H16INO2S. The second kappa shape index (κ2) is 6.13. The van der Waals surface area contributed by atoms with E-state index in [9.17, 15) is 8.42 Å². The third-order valence-electron chi connectivity index (χ3n) is 2.95. The van der Waals surface area contributed by atoms with Gasteiger partial charge in [0, 0.05) is 3.57 Å². The molecule has 0 aromatic heterocycles. The van der Waals surface area contributed by atoms with Crippen LogP contribution in [0.1, 0.15) is 25.3 Å². The molecule has 0 radical (unpaired) electrons. The Labute approximate surface area is 133 Å². The number of nitrogens with one attached hydrogen (secondary N) is 1. The molecule has 0 bridgehead atoms. The van der Waals surface area contributed by atoms with Gasteiger partial charge < -0.3 is 0 Å². The number of anilines is 1. The highest BCUT2D eigenvalue weighted by Crippen LogP contribution is 2.26. The Bertz CT molecular complexity index is 694. The molecule has 0 aliphatic heterocycles. The van der Waals surface area contributed by atoms with E-state index in [0.29, 0.717) is 5.69 Å². The van der Waals surface area contributed by atoms with Crippen LogP contribution >= 0.6 is 22.6 Å². The van der Waals surface area contributed by atoms with Gasteiger partial charge in [0.1, 0.15) is 0 Å². The molecule has 1 N–H and O–H groups in total. The van der Waals surface area contributed by atoms with Crippen LogP contribution in [0.5, 0.6) is 0 Å². The molecule has 2 rings (SSSR count). The summed E-state index contributed by atoms with van der Waals surface area (Å²) in [4.78, 5) is 0.275. The summed E-state index contributed by atoms with van der Waals surface area (Å²) in [5.41, 5.74) is 1.63. The SMILES string of the molecule is CC(C)c1ccccc1NS(=O)(=O)c1ccc(I)cc1. The minimum absolute atomic E-state index is 0.255. The first-order chi connectivity index (χ1) is 9.40. The van der Waals surface area contributed by atoms with E-state index in [1.807, 2.05) is 32.0 Å². The van der Waals surface area contributed by atoms with Gasteiger partial charge in [-0.15, -0.1) is 0 Å². The lowest BCUT2D eigenvalue weighted by Gasteiger charge is -2.14. The fourth-order valence-corrected chi connectivity index (χ4v) is 3.36. The summed E-state index contributed by atoms with van der Waals surface area (Å²) in [5, 5.41) is 0. The quantitative estimate of drug-likeness (QED) is 0.781. The van der Waals surface area contributed by atoms with Crippen molar-refractivity contribution in [3.05, 3.63) is 57.7 Å². The van der Waals surface area contributed by atoms with Gasteiger partial charge in [-0.2, -0.15) is 0 Å². The molecule has 2 aromatic carbocycles.